The summed E-state index contributed by atoms with van der Waals surface area (Å²) in [6.45, 7) is 5.21. The molecule has 0 spiro atoms. The molecular formula is C17H32N2O2. The summed E-state index contributed by atoms with van der Waals surface area (Å²) in [6, 6.07) is 1.31. The van der Waals surface area contributed by atoms with E-state index in [4.69, 9.17) is 0 Å². The molecule has 1 amide bonds. The fourth-order valence-corrected chi connectivity index (χ4v) is 4.14. The summed E-state index contributed by atoms with van der Waals surface area (Å²) >= 11 is 0. The molecule has 0 aliphatic carbocycles. The standard InChI is InChI=1S/C17H32N2O2/c1-3-17(4-2,7-8-20)12-18-16(21)11-13-9-14-5-6-15(10-13)19-14/h13-15,19-20H,3-12H2,1-2H3,(H,18,21). The van der Waals surface area contributed by atoms with Crippen LogP contribution in [0.2, 0.25) is 0 Å². The number of hydrogen-bond donors (Lipinski definition) is 3. The molecule has 2 aliphatic rings. The smallest absolute Gasteiger partial charge is 0.220 e. The molecule has 2 atom stereocenters. The SMILES string of the molecule is CCC(CC)(CCO)CNC(=O)CC1CC2CCC(C1)N2. The Hall–Kier alpha value is -0.610. The van der Waals surface area contributed by atoms with Crippen molar-refractivity contribution >= 4 is 5.91 Å². The molecule has 2 rings (SSSR count). The van der Waals surface area contributed by atoms with Crippen LogP contribution in [0, 0.1) is 11.3 Å². The van der Waals surface area contributed by atoms with Gasteiger partial charge in [-0.05, 0) is 56.3 Å². The van der Waals surface area contributed by atoms with Gasteiger partial charge in [-0.3, -0.25) is 4.79 Å². The topological polar surface area (TPSA) is 61.4 Å². The lowest BCUT2D eigenvalue weighted by molar-refractivity contribution is -0.122. The molecule has 4 heteroatoms. The van der Waals surface area contributed by atoms with Crippen LogP contribution in [0.15, 0.2) is 0 Å². The summed E-state index contributed by atoms with van der Waals surface area (Å²) in [7, 11) is 0. The third-order valence-corrected chi connectivity index (χ3v) is 5.85. The predicted molar refractivity (Wildman–Crippen MR) is 85.0 cm³/mol. The Morgan fingerprint density at radius 3 is 2.38 bits per heavy atom. The van der Waals surface area contributed by atoms with Crippen molar-refractivity contribution in [1.29, 1.82) is 0 Å². The monoisotopic (exact) mass is 296 g/mol. The Bertz CT molecular complexity index is 330. The van der Waals surface area contributed by atoms with Crippen LogP contribution >= 0.6 is 0 Å². The number of carbonyl (C=O) groups excluding carboxylic acids is 1. The van der Waals surface area contributed by atoms with Crippen LogP contribution in [-0.2, 0) is 4.79 Å². The highest BCUT2D eigenvalue weighted by atomic mass is 16.3. The normalized spacial score (nSPS) is 28.6. The molecular weight excluding hydrogens is 264 g/mol. The van der Waals surface area contributed by atoms with E-state index in [1.807, 2.05) is 0 Å². The van der Waals surface area contributed by atoms with Gasteiger partial charge >= 0.3 is 0 Å². The lowest BCUT2D eigenvalue weighted by atomic mass is 9.79. The minimum absolute atomic E-state index is 0.0670. The van der Waals surface area contributed by atoms with Crippen molar-refractivity contribution in [2.75, 3.05) is 13.2 Å². The predicted octanol–water partition coefficient (Wildman–Crippen LogP) is 2.21. The van der Waals surface area contributed by atoms with E-state index < -0.39 is 0 Å². The quantitative estimate of drug-likeness (QED) is 0.643. The van der Waals surface area contributed by atoms with Crippen LogP contribution in [0.1, 0.15) is 65.2 Å². The van der Waals surface area contributed by atoms with Gasteiger partial charge in [0, 0.05) is 31.7 Å². The Morgan fingerprint density at radius 1 is 1.24 bits per heavy atom. The number of nitrogens with one attached hydrogen (secondary N) is 2. The van der Waals surface area contributed by atoms with Crippen LogP contribution in [-0.4, -0.2) is 36.2 Å². The molecule has 2 bridgehead atoms. The Kier molecular flexibility index (Phi) is 6.06. The number of hydrogen-bond acceptors (Lipinski definition) is 3. The fraction of sp³-hybridized carbons (Fsp3) is 0.941. The zero-order valence-corrected chi connectivity index (χ0v) is 13.7. The first-order valence-electron chi connectivity index (χ1n) is 8.74. The molecule has 0 aromatic rings. The van der Waals surface area contributed by atoms with E-state index in [9.17, 15) is 9.90 Å². The first-order valence-corrected chi connectivity index (χ1v) is 8.74. The summed E-state index contributed by atoms with van der Waals surface area (Å²) < 4.78 is 0. The van der Waals surface area contributed by atoms with Gasteiger partial charge in [-0.15, -0.1) is 0 Å². The molecule has 2 saturated heterocycles. The highest BCUT2D eigenvalue weighted by Crippen LogP contribution is 2.33. The second-order valence-electron chi connectivity index (χ2n) is 7.14. The largest absolute Gasteiger partial charge is 0.396 e. The Labute approximate surface area is 129 Å². The third-order valence-electron chi connectivity index (χ3n) is 5.85. The van der Waals surface area contributed by atoms with Crippen LogP contribution in [0.3, 0.4) is 0 Å². The van der Waals surface area contributed by atoms with Crippen LogP contribution in [0.4, 0.5) is 0 Å². The molecule has 2 unspecified atom stereocenters. The molecule has 122 valence electrons. The summed E-state index contributed by atoms with van der Waals surface area (Å²) in [5.74, 6) is 0.754. The highest BCUT2D eigenvalue weighted by molar-refractivity contribution is 5.76. The maximum atomic E-state index is 12.2. The number of fused-ring (bicyclic) bond motifs is 2. The third kappa shape index (κ3) is 4.43. The number of amides is 1. The summed E-state index contributed by atoms with van der Waals surface area (Å²) in [5.41, 5.74) is 0.0670. The van der Waals surface area contributed by atoms with Crippen LogP contribution < -0.4 is 10.6 Å². The fourth-order valence-electron chi connectivity index (χ4n) is 4.14. The molecule has 4 nitrogen and oxygen atoms in total. The average molecular weight is 296 g/mol. The van der Waals surface area contributed by atoms with E-state index in [1.54, 1.807) is 0 Å². The summed E-state index contributed by atoms with van der Waals surface area (Å²) in [5, 5.41) is 16.0. The second-order valence-corrected chi connectivity index (χ2v) is 7.14. The van der Waals surface area contributed by atoms with Crippen molar-refractivity contribution in [3.63, 3.8) is 0 Å². The van der Waals surface area contributed by atoms with Crippen LogP contribution in [0.25, 0.3) is 0 Å². The van der Waals surface area contributed by atoms with E-state index in [2.05, 4.69) is 24.5 Å². The number of aliphatic hydroxyl groups excluding tert-OH is 1. The van der Waals surface area contributed by atoms with Gasteiger partial charge in [-0.25, -0.2) is 0 Å². The number of carbonyl (C=O) groups is 1. The molecule has 2 aliphatic heterocycles. The molecule has 21 heavy (non-hydrogen) atoms. The van der Waals surface area contributed by atoms with Gasteiger partial charge in [0.15, 0.2) is 0 Å². The number of piperidine rings is 1. The van der Waals surface area contributed by atoms with Crippen molar-refractivity contribution in [3.8, 4) is 0 Å². The first-order chi connectivity index (χ1) is 10.1. The van der Waals surface area contributed by atoms with E-state index in [1.165, 1.54) is 12.8 Å². The van der Waals surface area contributed by atoms with Crippen molar-refractivity contribution < 1.29 is 9.90 Å². The van der Waals surface area contributed by atoms with Gasteiger partial charge in [-0.2, -0.15) is 0 Å². The van der Waals surface area contributed by atoms with E-state index in [-0.39, 0.29) is 17.9 Å². The van der Waals surface area contributed by atoms with Gasteiger partial charge < -0.3 is 15.7 Å². The Morgan fingerprint density at radius 2 is 1.86 bits per heavy atom. The van der Waals surface area contributed by atoms with E-state index >= 15 is 0 Å². The number of rotatable bonds is 8. The van der Waals surface area contributed by atoms with Crippen LogP contribution in [0.5, 0.6) is 0 Å². The average Bonchev–Trinajstić information content (AvgIpc) is 2.82. The second kappa shape index (κ2) is 7.59. The maximum Gasteiger partial charge on any atom is 0.220 e. The highest BCUT2D eigenvalue weighted by Gasteiger charge is 2.34. The lowest BCUT2D eigenvalue weighted by Gasteiger charge is -2.32. The van der Waals surface area contributed by atoms with Gasteiger partial charge in [0.2, 0.25) is 5.91 Å². The Balaban J connectivity index is 1.76. The molecule has 0 aromatic heterocycles. The minimum atomic E-state index is 0.0670. The first kappa shape index (κ1) is 16.8. The van der Waals surface area contributed by atoms with Crippen molar-refractivity contribution in [2.24, 2.45) is 11.3 Å². The van der Waals surface area contributed by atoms with Gasteiger partial charge in [0.05, 0.1) is 0 Å². The molecule has 3 N–H and O–H groups in total. The van der Waals surface area contributed by atoms with Gasteiger partial charge in [0.25, 0.3) is 0 Å². The molecule has 0 aromatic carbocycles. The summed E-state index contributed by atoms with van der Waals surface area (Å²) in [4.78, 5) is 12.2. The lowest BCUT2D eigenvalue weighted by Crippen LogP contribution is -2.41. The summed E-state index contributed by atoms with van der Waals surface area (Å²) in [6.07, 6.45) is 8.35. The zero-order valence-electron chi connectivity index (χ0n) is 13.7. The molecule has 2 fully saturated rings. The van der Waals surface area contributed by atoms with Gasteiger partial charge in [-0.1, -0.05) is 13.8 Å². The zero-order chi connectivity index (χ0) is 15.3. The maximum absolute atomic E-state index is 12.2. The van der Waals surface area contributed by atoms with Crippen molar-refractivity contribution in [2.45, 2.75) is 77.3 Å². The van der Waals surface area contributed by atoms with Gasteiger partial charge in [0.1, 0.15) is 0 Å². The number of aliphatic hydroxyl groups is 1. The van der Waals surface area contributed by atoms with E-state index in [0.717, 1.165) is 32.1 Å². The van der Waals surface area contributed by atoms with Crippen molar-refractivity contribution in [1.82, 2.24) is 10.6 Å². The van der Waals surface area contributed by atoms with Crippen molar-refractivity contribution in [3.05, 3.63) is 0 Å². The molecule has 2 heterocycles. The minimum Gasteiger partial charge on any atom is -0.396 e. The molecule has 0 radical (unpaired) electrons. The van der Waals surface area contributed by atoms with E-state index in [0.29, 0.717) is 31.0 Å². The molecule has 0 saturated carbocycles.